The highest BCUT2D eigenvalue weighted by atomic mass is 32.2. The molecule has 0 aromatic heterocycles. The van der Waals surface area contributed by atoms with Gasteiger partial charge in [0.15, 0.2) is 0 Å². The highest BCUT2D eigenvalue weighted by Gasteiger charge is 2.55. The van der Waals surface area contributed by atoms with Crippen molar-refractivity contribution in [3.05, 3.63) is 0 Å². The lowest BCUT2D eigenvalue weighted by atomic mass is 9.90. The van der Waals surface area contributed by atoms with Crippen LogP contribution in [0.4, 0.5) is 0 Å². The van der Waals surface area contributed by atoms with Gasteiger partial charge < -0.3 is 5.11 Å². The molecule has 1 aliphatic heterocycles. The molecule has 0 radical (unpaired) electrons. The molecule has 1 N–H and O–H groups in total. The Morgan fingerprint density at radius 3 is 2.92 bits per heavy atom. The van der Waals surface area contributed by atoms with E-state index in [1.807, 2.05) is 0 Å². The molecular formula is C11H20OS. The topological polar surface area (TPSA) is 20.2 Å². The first-order valence-corrected chi connectivity index (χ1v) is 6.73. The molecule has 1 saturated heterocycles. The minimum absolute atomic E-state index is 0.236. The Balaban J connectivity index is 1.92. The smallest absolute Gasteiger partial charge is 0.0708 e. The van der Waals surface area contributed by atoms with Crippen LogP contribution in [0.3, 0.4) is 0 Å². The van der Waals surface area contributed by atoms with Gasteiger partial charge in [0, 0.05) is 0 Å². The van der Waals surface area contributed by atoms with E-state index in [1.54, 1.807) is 0 Å². The summed E-state index contributed by atoms with van der Waals surface area (Å²) in [5, 5.41) is 10.3. The Morgan fingerprint density at radius 2 is 2.23 bits per heavy atom. The molecule has 2 aliphatic rings. The molecule has 13 heavy (non-hydrogen) atoms. The second-order valence-electron chi connectivity index (χ2n) is 4.54. The van der Waals surface area contributed by atoms with Crippen molar-refractivity contribution in [2.45, 2.75) is 44.6 Å². The van der Waals surface area contributed by atoms with Crippen molar-refractivity contribution >= 4 is 11.8 Å². The maximum Gasteiger partial charge on any atom is 0.0708 e. The Morgan fingerprint density at radius 1 is 1.38 bits per heavy atom. The van der Waals surface area contributed by atoms with Crippen molar-refractivity contribution in [3.8, 4) is 0 Å². The second-order valence-corrected chi connectivity index (χ2v) is 5.77. The molecule has 0 aromatic carbocycles. The van der Waals surface area contributed by atoms with Crippen LogP contribution in [0.15, 0.2) is 0 Å². The van der Waals surface area contributed by atoms with Crippen molar-refractivity contribution in [2.24, 2.45) is 11.8 Å². The number of aliphatic hydroxyl groups is 1. The summed E-state index contributed by atoms with van der Waals surface area (Å²) >= 11 is 2.06. The summed E-state index contributed by atoms with van der Waals surface area (Å²) in [5.74, 6) is 3.82. The maximum atomic E-state index is 10.3. The van der Waals surface area contributed by atoms with Gasteiger partial charge in [0.25, 0.3) is 0 Å². The molecule has 3 atom stereocenters. The number of rotatable bonds is 2. The first-order valence-electron chi connectivity index (χ1n) is 5.57. The molecule has 2 heteroatoms. The third-order valence-corrected chi connectivity index (χ3v) is 4.87. The molecule has 0 aromatic rings. The molecule has 3 unspecified atom stereocenters. The third-order valence-electron chi connectivity index (χ3n) is 3.77. The Bertz CT molecular complexity index is 175. The predicted molar refractivity (Wildman–Crippen MR) is 58.0 cm³/mol. The van der Waals surface area contributed by atoms with Crippen molar-refractivity contribution < 1.29 is 5.11 Å². The van der Waals surface area contributed by atoms with Gasteiger partial charge in [0.05, 0.1) is 5.60 Å². The fourth-order valence-corrected chi connectivity index (χ4v) is 3.76. The number of thioether (sulfide) groups is 1. The summed E-state index contributed by atoms with van der Waals surface area (Å²) in [4.78, 5) is 0. The van der Waals surface area contributed by atoms with Gasteiger partial charge in [-0.2, -0.15) is 11.8 Å². The molecule has 0 amide bonds. The normalized spacial score (nSPS) is 45.7. The van der Waals surface area contributed by atoms with Crippen molar-refractivity contribution in [1.29, 1.82) is 0 Å². The summed E-state index contributed by atoms with van der Waals surface area (Å²) in [6, 6.07) is 0. The summed E-state index contributed by atoms with van der Waals surface area (Å²) in [6.07, 6.45) is 6.07. The fourth-order valence-electron chi connectivity index (χ4n) is 2.74. The van der Waals surface area contributed by atoms with Crippen LogP contribution in [-0.4, -0.2) is 22.2 Å². The van der Waals surface area contributed by atoms with E-state index in [0.29, 0.717) is 11.8 Å². The molecule has 1 saturated carbocycles. The summed E-state index contributed by atoms with van der Waals surface area (Å²) in [5.41, 5.74) is -0.236. The minimum Gasteiger partial charge on any atom is -0.389 e. The largest absolute Gasteiger partial charge is 0.389 e. The van der Waals surface area contributed by atoms with Crippen LogP contribution >= 0.6 is 11.8 Å². The first-order chi connectivity index (χ1) is 6.27. The van der Waals surface area contributed by atoms with E-state index in [9.17, 15) is 5.11 Å². The summed E-state index contributed by atoms with van der Waals surface area (Å²) < 4.78 is 0. The van der Waals surface area contributed by atoms with Gasteiger partial charge in [-0.15, -0.1) is 0 Å². The van der Waals surface area contributed by atoms with Gasteiger partial charge in [-0.1, -0.05) is 13.3 Å². The second kappa shape index (κ2) is 3.82. The number of hydrogen-bond acceptors (Lipinski definition) is 2. The van der Waals surface area contributed by atoms with Gasteiger partial charge in [-0.25, -0.2) is 0 Å². The fraction of sp³-hybridized carbons (Fsp3) is 1.00. The Hall–Kier alpha value is 0.310. The van der Waals surface area contributed by atoms with Gasteiger partial charge in [-0.05, 0) is 49.0 Å². The highest BCUT2D eigenvalue weighted by Crippen LogP contribution is 2.53. The molecule has 0 spiro atoms. The highest BCUT2D eigenvalue weighted by molar-refractivity contribution is 7.99. The molecule has 2 fully saturated rings. The van der Waals surface area contributed by atoms with Gasteiger partial charge >= 0.3 is 0 Å². The lowest BCUT2D eigenvalue weighted by molar-refractivity contribution is 0.0585. The SMILES string of the molecule is CCC1CC1(O)C1CCCSCC1. The zero-order valence-corrected chi connectivity index (χ0v) is 9.28. The predicted octanol–water partition coefficient (Wildman–Crippen LogP) is 2.68. The van der Waals surface area contributed by atoms with Crippen LogP contribution in [0, 0.1) is 11.8 Å². The lowest BCUT2D eigenvalue weighted by Crippen LogP contribution is -2.24. The Kier molecular flexibility index (Phi) is 2.89. The van der Waals surface area contributed by atoms with E-state index >= 15 is 0 Å². The first kappa shape index (κ1) is 9.85. The van der Waals surface area contributed by atoms with Crippen LogP contribution in [0.25, 0.3) is 0 Å². The van der Waals surface area contributed by atoms with Crippen LogP contribution in [0.5, 0.6) is 0 Å². The van der Waals surface area contributed by atoms with Crippen molar-refractivity contribution in [1.82, 2.24) is 0 Å². The minimum atomic E-state index is -0.236. The van der Waals surface area contributed by atoms with Gasteiger partial charge in [0.1, 0.15) is 0 Å². The summed E-state index contributed by atoms with van der Waals surface area (Å²) in [6.45, 7) is 2.20. The van der Waals surface area contributed by atoms with Crippen LogP contribution in [0.2, 0.25) is 0 Å². The zero-order valence-electron chi connectivity index (χ0n) is 8.46. The summed E-state index contributed by atoms with van der Waals surface area (Å²) in [7, 11) is 0. The van der Waals surface area contributed by atoms with E-state index < -0.39 is 0 Å². The van der Waals surface area contributed by atoms with E-state index in [-0.39, 0.29) is 5.60 Å². The Labute approximate surface area is 85.3 Å². The maximum absolute atomic E-state index is 10.3. The quantitative estimate of drug-likeness (QED) is 0.739. The molecular weight excluding hydrogens is 180 g/mol. The number of hydrogen-bond donors (Lipinski definition) is 1. The molecule has 2 rings (SSSR count). The monoisotopic (exact) mass is 200 g/mol. The van der Waals surface area contributed by atoms with Crippen LogP contribution in [0.1, 0.15) is 39.0 Å². The van der Waals surface area contributed by atoms with E-state index in [2.05, 4.69) is 18.7 Å². The van der Waals surface area contributed by atoms with Crippen LogP contribution < -0.4 is 0 Å². The van der Waals surface area contributed by atoms with Crippen molar-refractivity contribution in [3.63, 3.8) is 0 Å². The average molecular weight is 200 g/mol. The molecule has 1 heterocycles. The van der Waals surface area contributed by atoms with Gasteiger partial charge in [0.2, 0.25) is 0 Å². The van der Waals surface area contributed by atoms with E-state index in [4.69, 9.17) is 0 Å². The molecule has 76 valence electrons. The lowest BCUT2D eigenvalue weighted by Gasteiger charge is -2.21. The van der Waals surface area contributed by atoms with Crippen LogP contribution in [-0.2, 0) is 0 Å². The van der Waals surface area contributed by atoms with Gasteiger partial charge in [-0.3, -0.25) is 0 Å². The molecule has 0 bridgehead atoms. The van der Waals surface area contributed by atoms with Crippen molar-refractivity contribution in [2.75, 3.05) is 11.5 Å². The van der Waals surface area contributed by atoms with E-state index in [1.165, 1.54) is 37.2 Å². The van der Waals surface area contributed by atoms with E-state index in [0.717, 1.165) is 6.42 Å². The molecule has 1 aliphatic carbocycles. The third kappa shape index (κ3) is 1.89. The standard InChI is InChI=1S/C11H20OS/c1-2-9-8-11(9,12)10-4-3-6-13-7-5-10/h9-10,12H,2-8H2,1H3. The average Bonchev–Trinajstić information content (AvgIpc) is 2.84. The molecule has 1 nitrogen and oxygen atoms in total. The zero-order chi connectivity index (χ0) is 9.31.